The van der Waals surface area contributed by atoms with E-state index in [2.05, 4.69) is 9.97 Å². The number of hydrogen-bond donors (Lipinski definition) is 0. The highest BCUT2D eigenvalue weighted by atomic mass is 19.4. The lowest BCUT2D eigenvalue weighted by Crippen LogP contribution is -2.30. The molecule has 150 valence electrons. The maximum atomic E-state index is 13.3. The van der Waals surface area contributed by atoms with Gasteiger partial charge in [-0.2, -0.15) is 13.2 Å². The van der Waals surface area contributed by atoms with Gasteiger partial charge in [-0.3, -0.25) is 9.78 Å². The summed E-state index contributed by atoms with van der Waals surface area (Å²) in [6.45, 7) is 5.15. The van der Waals surface area contributed by atoms with Crippen LogP contribution in [-0.2, 0) is 6.18 Å². The number of benzene rings is 1. The number of nitrogens with zero attached hydrogens (tertiary/aromatic N) is 3. The topological polar surface area (TPSA) is 46.1 Å². The smallest absolute Gasteiger partial charge is 0.337 e. The molecule has 4 rings (SSSR count). The minimum Gasteiger partial charge on any atom is -0.337 e. The Morgan fingerprint density at radius 1 is 1.07 bits per heavy atom. The Bertz CT molecular complexity index is 796. The van der Waals surface area contributed by atoms with Crippen LogP contribution < -0.4 is 0 Å². The molecule has 3 atom stereocenters. The Morgan fingerprint density at radius 2 is 1.71 bits per heavy atom. The first-order chi connectivity index (χ1) is 13.4. The predicted molar refractivity (Wildman–Crippen MR) is 99.7 cm³/mol. The minimum atomic E-state index is -4.33. The maximum absolute atomic E-state index is 13.3. The summed E-state index contributed by atoms with van der Waals surface area (Å²) in [5, 5.41) is 0. The molecule has 7 heteroatoms. The van der Waals surface area contributed by atoms with Gasteiger partial charge >= 0.3 is 6.18 Å². The number of carbonyl (C=O) groups excluding carboxylic acids is 1. The van der Waals surface area contributed by atoms with Crippen molar-refractivity contribution in [1.29, 1.82) is 0 Å². The zero-order chi connectivity index (χ0) is 20.3. The van der Waals surface area contributed by atoms with Crippen LogP contribution in [0.3, 0.4) is 0 Å². The number of aromatic nitrogens is 2. The second-order valence-corrected chi connectivity index (χ2v) is 7.07. The normalized spacial score (nSPS) is 23.8. The van der Waals surface area contributed by atoms with Crippen molar-refractivity contribution in [3.05, 3.63) is 59.7 Å². The van der Waals surface area contributed by atoms with E-state index in [0.717, 1.165) is 6.07 Å². The van der Waals surface area contributed by atoms with Crippen LogP contribution in [0.5, 0.6) is 0 Å². The zero-order valence-corrected chi connectivity index (χ0v) is 16.0. The SMILES string of the molecule is CC.O=C(c1cnccn1)N1C[C@H]2CC(c3ccccc3C(F)(F)F)C[C@H]2C1. The van der Waals surface area contributed by atoms with E-state index < -0.39 is 11.7 Å². The third kappa shape index (κ3) is 4.03. The van der Waals surface area contributed by atoms with Crippen molar-refractivity contribution in [2.24, 2.45) is 11.8 Å². The summed E-state index contributed by atoms with van der Waals surface area (Å²) in [6, 6.07) is 5.86. The van der Waals surface area contributed by atoms with Crippen molar-refractivity contribution in [3.8, 4) is 0 Å². The second kappa shape index (κ2) is 8.29. The van der Waals surface area contributed by atoms with Crippen LogP contribution in [0, 0.1) is 11.8 Å². The largest absolute Gasteiger partial charge is 0.416 e. The molecule has 4 nitrogen and oxygen atoms in total. The first-order valence-electron chi connectivity index (χ1n) is 9.65. The standard InChI is InChI=1S/C19H18F3N3O.C2H6/c20-19(21,22)16-4-2-1-3-15(16)12-7-13-10-25(11-14(13)8-12)18(26)17-9-23-5-6-24-17;1-2/h1-6,9,12-14H,7-8,10-11H2;1-2H3/t12?,13-,14+;. The molecule has 1 amide bonds. The number of halogens is 3. The molecule has 2 aliphatic rings. The number of alkyl halides is 3. The Labute approximate surface area is 162 Å². The highest BCUT2D eigenvalue weighted by Gasteiger charge is 2.45. The molecule has 2 aromatic rings. The lowest BCUT2D eigenvalue weighted by molar-refractivity contribution is -0.138. The Morgan fingerprint density at radius 3 is 2.29 bits per heavy atom. The van der Waals surface area contributed by atoms with E-state index in [1.165, 1.54) is 24.7 Å². The molecular formula is C21H24F3N3O. The first kappa shape index (κ1) is 20.3. The van der Waals surface area contributed by atoms with Crippen molar-refractivity contribution >= 4 is 5.91 Å². The van der Waals surface area contributed by atoms with Crippen LogP contribution >= 0.6 is 0 Å². The van der Waals surface area contributed by atoms with Gasteiger partial charge in [0.1, 0.15) is 5.69 Å². The highest BCUT2D eigenvalue weighted by Crippen LogP contribution is 2.48. The molecule has 1 saturated heterocycles. The second-order valence-electron chi connectivity index (χ2n) is 7.07. The molecular weight excluding hydrogens is 367 g/mol. The number of carbonyl (C=O) groups is 1. The van der Waals surface area contributed by atoms with Crippen molar-refractivity contribution < 1.29 is 18.0 Å². The van der Waals surface area contributed by atoms with Crippen molar-refractivity contribution in [2.75, 3.05) is 13.1 Å². The lowest BCUT2D eigenvalue weighted by Gasteiger charge is -2.21. The van der Waals surface area contributed by atoms with Gasteiger partial charge < -0.3 is 4.90 Å². The molecule has 2 fully saturated rings. The number of hydrogen-bond acceptors (Lipinski definition) is 3. The zero-order valence-electron chi connectivity index (χ0n) is 16.0. The Kier molecular flexibility index (Phi) is 6.01. The molecule has 2 heterocycles. The van der Waals surface area contributed by atoms with Crippen LogP contribution in [0.25, 0.3) is 0 Å². The summed E-state index contributed by atoms with van der Waals surface area (Å²) in [5.41, 5.74) is 0.171. The van der Waals surface area contributed by atoms with Gasteiger partial charge in [-0.1, -0.05) is 32.0 Å². The molecule has 1 aliphatic carbocycles. The summed E-state index contributed by atoms with van der Waals surface area (Å²) in [4.78, 5) is 22.2. The van der Waals surface area contributed by atoms with Gasteiger partial charge in [-0.15, -0.1) is 0 Å². The Balaban J connectivity index is 0.00000109. The predicted octanol–water partition coefficient (Wildman–Crippen LogP) is 4.79. The van der Waals surface area contributed by atoms with Gasteiger partial charge in [0, 0.05) is 25.5 Å². The first-order valence-corrected chi connectivity index (χ1v) is 9.65. The van der Waals surface area contributed by atoms with E-state index in [1.807, 2.05) is 13.8 Å². The summed E-state index contributed by atoms with van der Waals surface area (Å²) < 4.78 is 39.8. The van der Waals surface area contributed by atoms with Crippen LogP contribution in [0.1, 0.15) is 54.2 Å². The number of likely N-dealkylation sites (tertiary alicyclic amines) is 1. The molecule has 0 radical (unpaired) electrons. The van der Waals surface area contributed by atoms with E-state index in [0.29, 0.717) is 37.2 Å². The molecule has 28 heavy (non-hydrogen) atoms. The molecule has 0 bridgehead atoms. The quantitative estimate of drug-likeness (QED) is 0.740. The van der Waals surface area contributed by atoms with Crippen LogP contribution in [0.4, 0.5) is 13.2 Å². The van der Waals surface area contributed by atoms with Gasteiger partial charge in [-0.25, -0.2) is 4.98 Å². The summed E-state index contributed by atoms with van der Waals surface area (Å²) >= 11 is 0. The van der Waals surface area contributed by atoms with Crippen LogP contribution in [0.2, 0.25) is 0 Å². The summed E-state index contributed by atoms with van der Waals surface area (Å²) in [6.07, 6.45) is 1.47. The number of fused-ring (bicyclic) bond motifs is 1. The van der Waals surface area contributed by atoms with Crippen LogP contribution in [-0.4, -0.2) is 33.9 Å². The van der Waals surface area contributed by atoms with Crippen molar-refractivity contribution in [2.45, 2.75) is 38.8 Å². The average molecular weight is 391 g/mol. The summed E-state index contributed by atoms with van der Waals surface area (Å²) in [5.74, 6) is 0.222. The number of amides is 1. The molecule has 0 N–H and O–H groups in total. The van der Waals surface area contributed by atoms with Gasteiger partial charge in [-0.05, 0) is 42.2 Å². The third-order valence-corrected chi connectivity index (χ3v) is 5.53. The lowest BCUT2D eigenvalue weighted by atomic mass is 9.91. The van der Waals surface area contributed by atoms with E-state index in [-0.39, 0.29) is 23.7 Å². The monoisotopic (exact) mass is 391 g/mol. The fraction of sp³-hybridized carbons (Fsp3) is 0.476. The fourth-order valence-electron chi connectivity index (χ4n) is 4.40. The van der Waals surface area contributed by atoms with Crippen LogP contribution in [0.15, 0.2) is 42.9 Å². The van der Waals surface area contributed by atoms with Gasteiger partial charge in [0.15, 0.2) is 0 Å². The molecule has 1 aromatic heterocycles. The van der Waals surface area contributed by atoms with Crippen molar-refractivity contribution in [3.63, 3.8) is 0 Å². The molecule has 1 aliphatic heterocycles. The van der Waals surface area contributed by atoms with Gasteiger partial charge in [0.25, 0.3) is 5.91 Å². The highest BCUT2D eigenvalue weighted by molar-refractivity contribution is 5.92. The van der Waals surface area contributed by atoms with Crippen molar-refractivity contribution in [1.82, 2.24) is 14.9 Å². The van der Waals surface area contributed by atoms with E-state index >= 15 is 0 Å². The third-order valence-electron chi connectivity index (χ3n) is 5.53. The van der Waals surface area contributed by atoms with E-state index in [1.54, 1.807) is 17.0 Å². The van der Waals surface area contributed by atoms with Gasteiger partial charge in [0.05, 0.1) is 11.8 Å². The summed E-state index contributed by atoms with van der Waals surface area (Å²) in [7, 11) is 0. The van der Waals surface area contributed by atoms with Gasteiger partial charge in [0.2, 0.25) is 0 Å². The molecule has 0 spiro atoms. The average Bonchev–Trinajstić information content (AvgIpc) is 3.28. The molecule has 1 unspecified atom stereocenters. The minimum absolute atomic E-state index is 0.100. The van der Waals surface area contributed by atoms with E-state index in [4.69, 9.17) is 0 Å². The Hall–Kier alpha value is -2.44. The molecule has 1 saturated carbocycles. The van der Waals surface area contributed by atoms with E-state index in [9.17, 15) is 18.0 Å². The molecule has 1 aromatic carbocycles. The fourth-order valence-corrected chi connectivity index (χ4v) is 4.40. The maximum Gasteiger partial charge on any atom is 0.416 e. The number of rotatable bonds is 2.